The highest BCUT2D eigenvalue weighted by Gasteiger charge is 2.30. The van der Waals surface area contributed by atoms with Gasteiger partial charge in [-0.2, -0.15) is 0 Å². The molecular formula is C18H37NO. The lowest BCUT2D eigenvalue weighted by Gasteiger charge is -2.35. The Morgan fingerprint density at radius 1 is 1.00 bits per heavy atom. The van der Waals surface area contributed by atoms with Crippen molar-refractivity contribution in [1.82, 2.24) is 5.32 Å². The van der Waals surface area contributed by atoms with Gasteiger partial charge in [0.2, 0.25) is 0 Å². The van der Waals surface area contributed by atoms with Crippen LogP contribution in [0.1, 0.15) is 80.1 Å². The van der Waals surface area contributed by atoms with E-state index < -0.39 is 0 Å². The molecule has 0 aliphatic heterocycles. The summed E-state index contributed by atoms with van der Waals surface area (Å²) < 4.78 is 0. The maximum Gasteiger partial charge on any atom is 0.0446 e. The van der Waals surface area contributed by atoms with E-state index in [1.165, 1.54) is 32.1 Å². The van der Waals surface area contributed by atoms with E-state index in [2.05, 4.69) is 46.9 Å². The first-order valence-corrected chi connectivity index (χ1v) is 8.51. The van der Waals surface area contributed by atoms with Crippen molar-refractivity contribution in [3.8, 4) is 0 Å². The lowest BCUT2D eigenvalue weighted by atomic mass is 9.76. The molecular weight excluding hydrogens is 246 g/mol. The molecule has 0 heterocycles. The van der Waals surface area contributed by atoms with E-state index in [4.69, 9.17) is 0 Å². The molecule has 0 aromatic heterocycles. The van der Waals surface area contributed by atoms with Crippen LogP contribution in [0.5, 0.6) is 0 Å². The maximum atomic E-state index is 9.29. The molecule has 1 aliphatic carbocycles. The highest BCUT2D eigenvalue weighted by atomic mass is 16.3. The Hall–Kier alpha value is -0.0800. The average Bonchev–Trinajstić information content (AvgIpc) is 2.52. The number of hydrogen-bond donors (Lipinski definition) is 2. The van der Waals surface area contributed by atoms with Crippen LogP contribution in [-0.2, 0) is 0 Å². The summed E-state index contributed by atoms with van der Waals surface area (Å²) in [6.07, 6.45) is 7.52. The van der Waals surface area contributed by atoms with E-state index in [9.17, 15) is 5.11 Å². The van der Waals surface area contributed by atoms with E-state index in [-0.39, 0.29) is 12.0 Å². The normalized spacial score (nSPS) is 27.1. The molecule has 2 nitrogen and oxygen atoms in total. The van der Waals surface area contributed by atoms with Crippen molar-refractivity contribution >= 4 is 0 Å². The van der Waals surface area contributed by atoms with Crippen LogP contribution in [0, 0.1) is 16.7 Å². The molecule has 2 heteroatoms. The van der Waals surface area contributed by atoms with Crippen molar-refractivity contribution in [2.24, 2.45) is 16.7 Å². The molecule has 0 aromatic carbocycles. The molecule has 0 aromatic rings. The minimum atomic E-state index is 0.221. The number of rotatable bonds is 4. The molecule has 1 aliphatic rings. The van der Waals surface area contributed by atoms with Crippen molar-refractivity contribution in [3.63, 3.8) is 0 Å². The number of hydrogen-bond acceptors (Lipinski definition) is 2. The smallest absolute Gasteiger partial charge is 0.0446 e. The van der Waals surface area contributed by atoms with Crippen molar-refractivity contribution in [3.05, 3.63) is 0 Å². The second-order valence-corrected chi connectivity index (χ2v) is 8.87. The highest BCUT2D eigenvalue weighted by molar-refractivity contribution is 4.87. The summed E-state index contributed by atoms with van der Waals surface area (Å²) in [6, 6.07) is 1.06. The second kappa shape index (κ2) is 7.26. The van der Waals surface area contributed by atoms with Crippen LogP contribution in [0.25, 0.3) is 0 Å². The Bertz CT molecular complexity index is 274. The Labute approximate surface area is 126 Å². The largest absolute Gasteiger partial charge is 0.396 e. The minimum absolute atomic E-state index is 0.221. The lowest BCUT2D eigenvalue weighted by molar-refractivity contribution is 0.178. The van der Waals surface area contributed by atoms with Gasteiger partial charge in [0, 0.05) is 18.7 Å². The Morgan fingerprint density at radius 3 is 2.15 bits per heavy atom. The molecule has 2 N–H and O–H groups in total. The topological polar surface area (TPSA) is 32.3 Å². The quantitative estimate of drug-likeness (QED) is 0.751. The van der Waals surface area contributed by atoms with Crippen molar-refractivity contribution < 1.29 is 5.11 Å². The minimum Gasteiger partial charge on any atom is -0.396 e. The molecule has 0 bridgehead atoms. The summed E-state index contributed by atoms with van der Waals surface area (Å²) in [5.74, 6) is 0.861. The second-order valence-electron chi connectivity index (χ2n) is 8.87. The molecule has 0 amide bonds. The molecule has 120 valence electrons. The monoisotopic (exact) mass is 283 g/mol. The van der Waals surface area contributed by atoms with Gasteiger partial charge in [-0.3, -0.25) is 0 Å². The molecule has 1 saturated carbocycles. The van der Waals surface area contributed by atoms with Gasteiger partial charge in [0.1, 0.15) is 0 Å². The van der Waals surface area contributed by atoms with E-state index in [0.29, 0.717) is 17.5 Å². The third-order valence-electron chi connectivity index (χ3n) is 5.09. The van der Waals surface area contributed by atoms with Crippen LogP contribution in [0.3, 0.4) is 0 Å². The standard InChI is InChI=1S/C18H37NO/c1-17(2,3)14-8-7-9-15(11-10-14)19-16(12-13-20)18(4,5)6/h14-16,19-20H,7-13H2,1-6H3. The summed E-state index contributed by atoms with van der Waals surface area (Å²) in [5.41, 5.74) is 0.669. The first kappa shape index (κ1) is 18.0. The van der Waals surface area contributed by atoms with Gasteiger partial charge < -0.3 is 10.4 Å². The fraction of sp³-hybridized carbons (Fsp3) is 1.00. The van der Waals surface area contributed by atoms with Crippen LogP contribution in [0.15, 0.2) is 0 Å². The molecule has 0 saturated heterocycles. The van der Waals surface area contributed by atoms with Crippen molar-refractivity contribution in [2.45, 2.75) is 92.2 Å². The van der Waals surface area contributed by atoms with Gasteiger partial charge in [0.25, 0.3) is 0 Å². The summed E-state index contributed by atoms with van der Waals surface area (Å²) in [6.45, 7) is 14.3. The average molecular weight is 284 g/mol. The summed E-state index contributed by atoms with van der Waals surface area (Å²) in [5, 5.41) is 13.1. The molecule has 1 fully saturated rings. The first-order valence-electron chi connectivity index (χ1n) is 8.51. The van der Waals surface area contributed by atoms with Gasteiger partial charge in [0.05, 0.1) is 0 Å². The van der Waals surface area contributed by atoms with Crippen molar-refractivity contribution in [1.29, 1.82) is 0 Å². The van der Waals surface area contributed by atoms with Gasteiger partial charge >= 0.3 is 0 Å². The summed E-state index contributed by atoms with van der Waals surface area (Å²) in [7, 11) is 0. The zero-order chi connectivity index (χ0) is 15.4. The summed E-state index contributed by atoms with van der Waals surface area (Å²) in [4.78, 5) is 0. The molecule has 1 rings (SSSR count). The molecule has 3 unspecified atom stereocenters. The van der Waals surface area contributed by atoms with Crippen LogP contribution in [-0.4, -0.2) is 23.8 Å². The molecule has 0 spiro atoms. The predicted molar refractivity (Wildman–Crippen MR) is 87.9 cm³/mol. The maximum absolute atomic E-state index is 9.29. The van der Waals surface area contributed by atoms with Gasteiger partial charge in [-0.05, 0) is 48.9 Å². The molecule has 20 heavy (non-hydrogen) atoms. The summed E-state index contributed by atoms with van der Waals surface area (Å²) >= 11 is 0. The Morgan fingerprint density at radius 2 is 1.65 bits per heavy atom. The van der Waals surface area contributed by atoms with E-state index >= 15 is 0 Å². The van der Waals surface area contributed by atoms with Gasteiger partial charge in [0.15, 0.2) is 0 Å². The fourth-order valence-electron chi connectivity index (χ4n) is 3.51. The zero-order valence-electron chi connectivity index (χ0n) is 14.6. The number of nitrogens with one attached hydrogen (secondary N) is 1. The van der Waals surface area contributed by atoms with E-state index in [1.807, 2.05) is 0 Å². The van der Waals surface area contributed by atoms with Gasteiger partial charge in [-0.25, -0.2) is 0 Å². The van der Waals surface area contributed by atoms with Crippen LogP contribution < -0.4 is 5.32 Å². The third kappa shape index (κ3) is 5.73. The van der Waals surface area contributed by atoms with E-state index in [1.54, 1.807) is 0 Å². The fourth-order valence-corrected chi connectivity index (χ4v) is 3.51. The lowest BCUT2D eigenvalue weighted by Crippen LogP contribution is -2.46. The molecule has 3 atom stereocenters. The number of aliphatic hydroxyl groups excluding tert-OH is 1. The third-order valence-corrected chi connectivity index (χ3v) is 5.09. The van der Waals surface area contributed by atoms with Crippen LogP contribution >= 0.6 is 0 Å². The van der Waals surface area contributed by atoms with Gasteiger partial charge in [-0.15, -0.1) is 0 Å². The number of aliphatic hydroxyl groups is 1. The van der Waals surface area contributed by atoms with Gasteiger partial charge in [-0.1, -0.05) is 48.0 Å². The Kier molecular flexibility index (Phi) is 6.53. The highest BCUT2D eigenvalue weighted by Crippen LogP contribution is 2.37. The predicted octanol–water partition coefficient (Wildman–Crippen LogP) is 4.37. The zero-order valence-corrected chi connectivity index (χ0v) is 14.6. The van der Waals surface area contributed by atoms with Crippen LogP contribution in [0.2, 0.25) is 0 Å². The van der Waals surface area contributed by atoms with Crippen molar-refractivity contribution in [2.75, 3.05) is 6.61 Å². The van der Waals surface area contributed by atoms with Crippen LogP contribution in [0.4, 0.5) is 0 Å². The first-order chi connectivity index (χ1) is 9.14. The Balaban J connectivity index is 2.56. The van der Waals surface area contributed by atoms with E-state index in [0.717, 1.165) is 12.3 Å². The molecule has 0 radical (unpaired) electrons. The SMILES string of the molecule is CC(C)(C)C1CCCC(NC(CCO)C(C)(C)C)CC1.